The van der Waals surface area contributed by atoms with Crippen molar-refractivity contribution in [3.8, 4) is 0 Å². The molecule has 2 aromatic carbocycles. The number of hydrogen-bond donors (Lipinski definition) is 2. The lowest BCUT2D eigenvalue weighted by molar-refractivity contribution is 0.102. The number of halogens is 3. The number of carbonyl (C=O) groups excluding carboxylic acids is 1. The van der Waals surface area contributed by atoms with Crippen molar-refractivity contribution >= 4 is 33.2 Å². The minimum atomic E-state index is -4.11. The van der Waals surface area contributed by atoms with Crippen LogP contribution in [-0.4, -0.2) is 14.3 Å². The summed E-state index contributed by atoms with van der Waals surface area (Å²) in [5.74, 6) is -2.56. The molecule has 0 spiro atoms. The maximum absolute atomic E-state index is 13.5. The Morgan fingerprint density at radius 3 is 2.41 bits per heavy atom. The van der Waals surface area contributed by atoms with Crippen LogP contribution < -0.4 is 10.5 Å². The first-order valence-corrected chi connectivity index (χ1v) is 7.69. The van der Waals surface area contributed by atoms with Gasteiger partial charge in [0, 0.05) is 11.6 Å². The van der Waals surface area contributed by atoms with Gasteiger partial charge in [-0.15, -0.1) is 0 Å². The summed E-state index contributed by atoms with van der Waals surface area (Å²) < 4.78 is 48.9. The molecule has 0 radical (unpaired) electrons. The Labute approximate surface area is 129 Å². The van der Waals surface area contributed by atoms with Gasteiger partial charge in [0.15, 0.2) is 0 Å². The summed E-state index contributed by atoms with van der Waals surface area (Å²) >= 11 is 5.70. The van der Waals surface area contributed by atoms with Crippen molar-refractivity contribution in [1.82, 2.24) is 0 Å². The van der Waals surface area contributed by atoms with Gasteiger partial charge in [-0.25, -0.2) is 22.3 Å². The van der Waals surface area contributed by atoms with E-state index in [0.29, 0.717) is 6.07 Å². The van der Waals surface area contributed by atoms with E-state index in [2.05, 4.69) is 5.32 Å². The van der Waals surface area contributed by atoms with Crippen LogP contribution in [-0.2, 0) is 10.0 Å². The minimum Gasteiger partial charge on any atom is -0.319 e. The summed E-state index contributed by atoms with van der Waals surface area (Å²) in [7, 11) is -4.11. The largest absolute Gasteiger partial charge is 0.319 e. The molecule has 22 heavy (non-hydrogen) atoms. The number of rotatable bonds is 3. The molecule has 116 valence electrons. The molecule has 9 heteroatoms. The Balaban J connectivity index is 2.34. The summed E-state index contributed by atoms with van der Waals surface area (Å²) in [5, 5.41) is 7.02. The van der Waals surface area contributed by atoms with E-state index in [4.69, 9.17) is 16.7 Å². The number of hydrogen-bond acceptors (Lipinski definition) is 3. The molecule has 0 saturated heterocycles. The Hall–Kier alpha value is -2.03. The molecule has 0 fully saturated rings. The number of primary sulfonamides is 1. The number of sulfonamides is 1. The van der Waals surface area contributed by atoms with Crippen molar-refractivity contribution in [1.29, 1.82) is 0 Å². The quantitative estimate of drug-likeness (QED) is 0.894. The molecule has 2 rings (SSSR count). The molecule has 0 heterocycles. The van der Waals surface area contributed by atoms with E-state index in [1.165, 1.54) is 12.1 Å². The van der Waals surface area contributed by atoms with E-state index in [1.807, 2.05) is 0 Å². The fourth-order valence-corrected chi connectivity index (χ4v) is 2.72. The maximum atomic E-state index is 13.5. The van der Waals surface area contributed by atoms with E-state index < -0.39 is 32.5 Å². The molecule has 1 amide bonds. The number of amides is 1. The second-order valence-electron chi connectivity index (χ2n) is 4.27. The molecule has 0 unspecified atom stereocenters. The minimum absolute atomic E-state index is 0.0999. The molecular formula is C13H9ClF2N2O3S. The van der Waals surface area contributed by atoms with Crippen molar-refractivity contribution in [2.45, 2.75) is 4.90 Å². The van der Waals surface area contributed by atoms with Gasteiger partial charge in [0.2, 0.25) is 10.0 Å². The highest BCUT2D eigenvalue weighted by Crippen LogP contribution is 2.22. The zero-order valence-corrected chi connectivity index (χ0v) is 12.4. The molecule has 0 aliphatic heterocycles. The third kappa shape index (κ3) is 3.59. The van der Waals surface area contributed by atoms with Crippen molar-refractivity contribution < 1.29 is 22.0 Å². The summed E-state index contributed by atoms with van der Waals surface area (Å²) in [6.07, 6.45) is 0. The molecule has 3 N–H and O–H groups in total. The van der Waals surface area contributed by atoms with Gasteiger partial charge in [-0.3, -0.25) is 4.79 Å². The number of carbonyl (C=O) groups is 1. The van der Waals surface area contributed by atoms with Crippen LogP contribution in [0.3, 0.4) is 0 Å². The summed E-state index contributed by atoms with van der Waals surface area (Å²) in [5.41, 5.74) is -0.351. The van der Waals surface area contributed by atoms with E-state index in [9.17, 15) is 22.0 Å². The third-order valence-corrected chi connectivity index (χ3v) is 4.07. The molecule has 0 aliphatic carbocycles. The van der Waals surface area contributed by atoms with Gasteiger partial charge in [0.05, 0.1) is 10.7 Å². The van der Waals surface area contributed by atoms with Crippen LogP contribution in [0.4, 0.5) is 14.5 Å². The van der Waals surface area contributed by atoms with Crippen molar-refractivity contribution in [2.75, 3.05) is 5.32 Å². The van der Waals surface area contributed by atoms with Gasteiger partial charge in [0.1, 0.15) is 16.5 Å². The summed E-state index contributed by atoms with van der Waals surface area (Å²) in [6.45, 7) is 0. The fourth-order valence-electron chi connectivity index (χ4n) is 1.65. The summed E-state index contributed by atoms with van der Waals surface area (Å²) in [4.78, 5) is 11.6. The number of nitrogens with two attached hydrogens (primary N) is 1. The second kappa shape index (κ2) is 5.99. The zero-order chi connectivity index (χ0) is 16.5. The number of benzene rings is 2. The molecular weight excluding hydrogens is 338 g/mol. The highest BCUT2D eigenvalue weighted by Gasteiger charge is 2.17. The van der Waals surface area contributed by atoms with Gasteiger partial charge < -0.3 is 5.32 Å². The van der Waals surface area contributed by atoms with Crippen molar-refractivity contribution in [3.05, 3.63) is 58.6 Å². The van der Waals surface area contributed by atoms with Crippen LogP contribution in [0.25, 0.3) is 0 Å². The first kappa shape index (κ1) is 16.3. The van der Waals surface area contributed by atoms with Crippen molar-refractivity contribution in [2.24, 2.45) is 5.14 Å². The van der Waals surface area contributed by atoms with Gasteiger partial charge in [-0.05, 0) is 30.3 Å². The molecule has 0 saturated carbocycles. The topological polar surface area (TPSA) is 89.3 Å². The van der Waals surface area contributed by atoms with Crippen LogP contribution in [0.15, 0.2) is 41.3 Å². The standard InChI is InChI=1S/C13H9ClF2N2O3S/c14-9-3-1-7(5-12(9)22(17,20)21)13(19)18-11-4-2-8(15)6-10(11)16/h1-6H,(H,18,19)(H2,17,20,21). The predicted octanol–water partition coefficient (Wildman–Crippen LogP) is 2.52. The van der Waals surface area contributed by atoms with Crippen molar-refractivity contribution in [3.63, 3.8) is 0 Å². The van der Waals surface area contributed by atoms with Gasteiger partial charge in [-0.2, -0.15) is 0 Å². The Bertz CT molecular complexity index is 856. The van der Waals surface area contributed by atoms with E-state index in [0.717, 1.165) is 18.2 Å². The molecule has 0 atom stereocenters. The van der Waals surface area contributed by atoms with Crippen LogP contribution in [0.1, 0.15) is 10.4 Å². The number of anilines is 1. The maximum Gasteiger partial charge on any atom is 0.255 e. The Kier molecular flexibility index (Phi) is 4.45. The average molecular weight is 347 g/mol. The first-order valence-electron chi connectivity index (χ1n) is 5.77. The lowest BCUT2D eigenvalue weighted by atomic mass is 10.2. The lowest BCUT2D eigenvalue weighted by Crippen LogP contribution is -2.16. The number of nitrogens with one attached hydrogen (secondary N) is 1. The lowest BCUT2D eigenvalue weighted by Gasteiger charge is -2.08. The fraction of sp³-hybridized carbons (Fsp3) is 0. The van der Waals surface area contributed by atoms with Crippen LogP contribution in [0.2, 0.25) is 5.02 Å². The van der Waals surface area contributed by atoms with Crippen LogP contribution >= 0.6 is 11.6 Å². The molecule has 5 nitrogen and oxygen atoms in total. The van der Waals surface area contributed by atoms with Crippen LogP contribution in [0.5, 0.6) is 0 Å². The zero-order valence-electron chi connectivity index (χ0n) is 10.8. The summed E-state index contributed by atoms with van der Waals surface area (Å²) in [6, 6.07) is 6.00. The normalized spacial score (nSPS) is 11.3. The smallest absolute Gasteiger partial charge is 0.255 e. The highest BCUT2D eigenvalue weighted by atomic mass is 35.5. The van der Waals surface area contributed by atoms with Gasteiger partial charge in [-0.1, -0.05) is 11.6 Å². The van der Waals surface area contributed by atoms with E-state index in [-0.39, 0.29) is 16.3 Å². The van der Waals surface area contributed by atoms with Crippen LogP contribution in [0, 0.1) is 11.6 Å². The van der Waals surface area contributed by atoms with Gasteiger partial charge in [0.25, 0.3) is 5.91 Å². The van der Waals surface area contributed by atoms with E-state index in [1.54, 1.807) is 0 Å². The molecule has 0 aromatic heterocycles. The monoisotopic (exact) mass is 346 g/mol. The SMILES string of the molecule is NS(=O)(=O)c1cc(C(=O)Nc2ccc(F)cc2F)ccc1Cl. The molecule has 2 aromatic rings. The van der Waals surface area contributed by atoms with E-state index >= 15 is 0 Å². The predicted molar refractivity (Wildman–Crippen MR) is 77.1 cm³/mol. The Morgan fingerprint density at radius 2 is 1.82 bits per heavy atom. The highest BCUT2D eigenvalue weighted by molar-refractivity contribution is 7.89. The average Bonchev–Trinajstić information content (AvgIpc) is 2.41. The second-order valence-corrected chi connectivity index (χ2v) is 6.21. The molecule has 0 bridgehead atoms. The first-order chi connectivity index (χ1) is 10.2. The molecule has 0 aliphatic rings. The Morgan fingerprint density at radius 1 is 1.14 bits per heavy atom. The third-order valence-electron chi connectivity index (χ3n) is 2.68. The van der Waals surface area contributed by atoms with Gasteiger partial charge >= 0.3 is 0 Å².